The second-order valence-electron chi connectivity index (χ2n) is 9.27. The Kier molecular flexibility index (Phi) is 8.75. The number of carbonyl (C=O) groups excluding carboxylic acids is 1. The molecule has 0 radical (unpaired) electrons. The van der Waals surface area contributed by atoms with E-state index in [0.717, 1.165) is 43.6 Å². The number of H-pyrrole nitrogens is 1. The normalized spacial score (nSPS) is 11.1. The van der Waals surface area contributed by atoms with E-state index < -0.39 is 0 Å². The van der Waals surface area contributed by atoms with Gasteiger partial charge < -0.3 is 15.0 Å². The highest BCUT2D eigenvalue weighted by Gasteiger charge is 2.22. The smallest absolute Gasteiger partial charge is 0.271 e. The lowest BCUT2D eigenvalue weighted by molar-refractivity contribution is 0.0945. The molecule has 3 aromatic carbocycles. The van der Waals surface area contributed by atoms with Crippen LogP contribution in [0.1, 0.15) is 40.8 Å². The van der Waals surface area contributed by atoms with Crippen LogP contribution in [0.2, 0.25) is 5.15 Å². The largest absolute Gasteiger partial charge is 0.507 e. The molecule has 5 aromatic rings. The van der Waals surface area contributed by atoms with Crippen molar-refractivity contribution in [3.63, 3.8) is 0 Å². The molecule has 0 spiro atoms. The molecule has 5 rings (SSSR count). The summed E-state index contributed by atoms with van der Waals surface area (Å²) in [5.74, 6) is 1.29. The molecule has 0 bridgehead atoms. The Balaban J connectivity index is 1.35. The van der Waals surface area contributed by atoms with Gasteiger partial charge in [0.25, 0.3) is 5.91 Å². The molecule has 0 atom stereocenters. The van der Waals surface area contributed by atoms with Crippen LogP contribution in [0.25, 0.3) is 22.5 Å². The summed E-state index contributed by atoms with van der Waals surface area (Å²) >= 11 is 8.60. The van der Waals surface area contributed by atoms with Crippen molar-refractivity contribution < 1.29 is 9.90 Å². The minimum Gasteiger partial charge on any atom is -0.507 e. The molecule has 2 heterocycles. The number of rotatable bonds is 10. The van der Waals surface area contributed by atoms with Gasteiger partial charge in [0.05, 0.1) is 3.57 Å². The lowest BCUT2D eigenvalue weighted by Crippen LogP contribution is -2.28. The number of imidazole rings is 1. The summed E-state index contributed by atoms with van der Waals surface area (Å²) in [7, 11) is 0. The van der Waals surface area contributed by atoms with Crippen LogP contribution >= 0.6 is 34.2 Å². The third-order valence-corrected chi connectivity index (χ3v) is 7.65. The molecule has 9 nitrogen and oxygen atoms in total. The molecule has 0 aliphatic carbocycles. The highest BCUT2D eigenvalue weighted by Crippen LogP contribution is 2.30. The minimum atomic E-state index is -0.265. The summed E-state index contributed by atoms with van der Waals surface area (Å²) < 4.78 is 2.68. The number of tetrazole rings is 1. The van der Waals surface area contributed by atoms with Gasteiger partial charge in [-0.1, -0.05) is 73.1 Å². The van der Waals surface area contributed by atoms with Crippen LogP contribution in [0.3, 0.4) is 0 Å². The number of carbonyl (C=O) groups is 1. The molecule has 0 saturated heterocycles. The highest BCUT2D eigenvalue weighted by atomic mass is 127. The zero-order chi connectivity index (χ0) is 28.1. The van der Waals surface area contributed by atoms with Gasteiger partial charge in [-0.15, -0.1) is 10.2 Å². The van der Waals surface area contributed by atoms with E-state index in [0.29, 0.717) is 37.4 Å². The fraction of sp³-hybridized carbons (Fsp3) is 0.207. The maximum atomic E-state index is 13.3. The summed E-state index contributed by atoms with van der Waals surface area (Å²) in [4.78, 5) is 17.8. The Labute approximate surface area is 250 Å². The van der Waals surface area contributed by atoms with Gasteiger partial charge >= 0.3 is 0 Å². The van der Waals surface area contributed by atoms with Crippen LogP contribution in [0.15, 0.2) is 66.7 Å². The highest BCUT2D eigenvalue weighted by molar-refractivity contribution is 14.1. The topological polar surface area (TPSA) is 122 Å². The third-order valence-electron chi connectivity index (χ3n) is 6.52. The molecule has 0 aliphatic rings. The summed E-state index contributed by atoms with van der Waals surface area (Å²) in [6, 6.07) is 21.5. The van der Waals surface area contributed by atoms with Crippen molar-refractivity contribution in [3.8, 4) is 28.3 Å². The Morgan fingerprint density at radius 2 is 1.80 bits per heavy atom. The SMILES string of the molecule is CCCc1nc(Cl)c(C(=O)NCCc2ccc(O)c(I)c2)n1Cc1ccc(-c2ccccc2-c2nn[nH]n2)cc1. The van der Waals surface area contributed by atoms with Crippen LogP contribution in [0, 0.1) is 3.57 Å². The number of aryl methyl sites for hydroxylation is 1. The van der Waals surface area contributed by atoms with E-state index in [1.807, 2.05) is 65.2 Å². The summed E-state index contributed by atoms with van der Waals surface area (Å²) in [6.07, 6.45) is 2.21. The monoisotopic (exact) mass is 667 g/mol. The summed E-state index contributed by atoms with van der Waals surface area (Å²) in [5.41, 5.74) is 5.29. The number of benzene rings is 3. The molecule has 3 N–H and O–H groups in total. The number of halogens is 2. The zero-order valence-corrected chi connectivity index (χ0v) is 24.6. The van der Waals surface area contributed by atoms with Gasteiger partial charge in [-0.05, 0) is 75.0 Å². The summed E-state index contributed by atoms with van der Waals surface area (Å²) in [6.45, 7) is 2.96. The molecule has 1 amide bonds. The van der Waals surface area contributed by atoms with E-state index in [9.17, 15) is 9.90 Å². The van der Waals surface area contributed by atoms with E-state index in [2.05, 4.69) is 60.4 Å². The summed E-state index contributed by atoms with van der Waals surface area (Å²) in [5, 5.41) is 27.4. The average molecular weight is 668 g/mol. The molecule has 204 valence electrons. The number of hydrogen-bond donors (Lipinski definition) is 3. The van der Waals surface area contributed by atoms with Crippen molar-refractivity contribution in [1.82, 2.24) is 35.5 Å². The Hall–Kier alpha value is -3.77. The number of aromatic amines is 1. The standard InChI is InChI=1S/C29H27ClIN7O2/c1-2-5-25-33-27(30)26(29(40)32-15-14-18-10-13-24(39)23(31)16-18)38(25)17-19-8-11-20(12-9-19)21-6-3-4-7-22(21)28-34-36-37-35-28/h3-4,6-13,16,39H,2,5,14-15,17H2,1H3,(H,32,40)(H,34,35,36,37). The lowest BCUT2D eigenvalue weighted by atomic mass is 9.98. The number of nitrogens with zero attached hydrogens (tertiary/aromatic N) is 5. The van der Waals surface area contributed by atoms with Crippen LogP contribution in [-0.4, -0.2) is 47.7 Å². The van der Waals surface area contributed by atoms with Gasteiger partial charge in [-0.25, -0.2) is 4.98 Å². The van der Waals surface area contributed by atoms with Gasteiger partial charge in [0.1, 0.15) is 17.3 Å². The fourth-order valence-electron chi connectivity index (χ4n) is 4.56. The number of aromatic hydroxyl groups is 1. The van der Waals surface area contributed by atoms with Crippen molar-refractivity contribution in [3.05, 3.63) is 98.1 Å². The molecule has 2 aromatic heterocycles. The van der Waals surface area contributed by atoms with E-state index in [4.69, 9.17) is 11.6 Å². The molecular weight excluding hydrogens is 641 g/mol. The number of nitrogens with one attached hydrogen (secondary N) is 2. The fourth-order valence-corrected chi connectivity index (χ4v) is 5.42. The maximum Gasteiger partial charge on any atom is 0.271 e. The van der Waals surface area contributed by atoms with Gasteiger partial charge in [0.15, 0.2) is 5.15 Å². The Bertz CT molecular complexity index is 1620. The third kappa shape index (κ3) is 6.18. The number of phenolic OH excluding ortho intramolecular Hbond substituents is 1. The molecule has 0 unspecified atom stereocenters. The second kappa shape index (κ2) is 12.6. The molecule has 0 fully saturated rings. The number of phenols is 1. The van der Waals surface area contributed by atoms with E-state index in [1.54, 1.807) is 6.07 Å². The molecule has 11 heteroatoms. The molecule has 0 saturated carbocycles. The van der Waals surface area contributed by atoms with E-state index >= 15 is 0 Å². The lowest BCUT2D eigenvalue weighted by Gasteiger charge is -2.13. The van der Waals surface area contributed by atoms with Gasteiger partial charge in [0.2, 0.25) is 5.82 Å². The maximum absolute atomic E-state index is 13.3. The first-order chi connectivity index (χ1) is 19.4. The van der Waals surface area contributed by atoms with E-state index in [1.165, 1.54) is 0 Å². The zero-order valence-electron chi connectivity index (χ0n) is 21.7. The van der Waals surface area contributed by atoms with Crippen LogP contribution in [0.5, 0.6) is 5.75 Å². The van der Waals surface area contributed by atoms with Crippen LogP contribution in [0.4, 0.5) is 0 Å². The first-order valence-electron chi connectivity index (χ1n) is 12.9. The Morgan fingerprint density at radius 1 is 1.05 bits per heavy atom. The first-order valence-corrected chi connectivity index (χ1v) is 14.3. The minimum absolute atomic E-state index is 0.200. The van der Waals surface area contributed by atoms with Gasteiger partial charge in [-0.2, -0.15) is 5.21 Å². The number of hydrogen-bond acceptors (Lipinski definition) is 6. The van der Waals surface area contributed by atoms with Crippen LogP contribution in [-0.2, 0) is 19.4 Å². The van der Waals surface area contributed by atoms with Crippen molar-refractivity contribution in [2.45, 2.75) is 32.7 Å². The number of amides is 1. The molecule has 0 aliphatic heterocycles. The average Bonchev–Trinajstić information content (AvgIpc) is 3.60. The predicted molar refractivity (Wildman–Crippen MR) is 162 cm³/mol. The Morgan fingerprint density at radius 3 is 2.50 bits per heavy atom. The van der Waals surface area contributed by atoms with E-state index in [-0.39, 0.29) is 16.8 Å². The van der Waals surface area contributed by atoms with Gasteiger partial charge in [-0.3, -0.25) is 4.79 Å². The van der Waals surface area contributed by atoms with Crippen molar-refractivity contribution in [2.24, 2.45) is 0 Å². The van der Waals surface area contributed by atoms with Crippen molar-refractivity contribution in [1.29, 1.82) is 0 Å². The predicted octanol–water partition coefficient (Wildman–Crippen LogP) is 5.67. The molecular formula is C29H27ClIN7O2. The first kappa shape index (κ1) is 27.8. The second-order valence-corrected chi connectivity index (χ2v) is 10.8. The molecule has 40 heavy (non-hydrogen) atoms. The van der Waals surface area contributed by atoms with Crippen molar-refractivity contribution >= 4 is 40.1 Å². The quantitative estimate of drug-likeness (QED) is 0.165. The van der Waals surface area contributed by atoms with Crippen molar-refractivity contribution in [2.75, 3.05) is 6.54 Å². The number of aromatic nitrogens is 6. The van der Waals surface area contributed by atoms with Crippen LogP contribution < -0.4 is 5.32 Å². The van der Waals surface area contributed by atoms with Gasteiger partial charge in [0, 0.05) is 25.1 Å².